The third-order valence-electron chi connectivity index (χ3n) is 3.60. The molecule has 0 saturated carbocycles. The van der Waals surface area contributed by atoms with Crippen molar-refractivity contribution in [3.8, 4) is 0 Å². The second kappa shape index (κ2) is 7.04. The minimum Gasteiger partial charge on any atom is -0.480 e. The lowest BCUT2D eigenvalue weighted by Gasteiger charge is -2.21. The van der Waals surface area contributed by atoms with Gasteiger partial charge in [-0.2, -0.15) is 0 Å². The first-order valence-electron chi connectivity index (χ1n) is 7.40. The molecule has 0 aromatic heterocycles. The number of rotatable bonds is 7. The molecule has 122 valence electrons. The Bertz CT molecular complexity index is 621. The number of carboxylic acids is 1. The first-order chi connectivity index (χ1) is 11.0. The summed E-state index contributed by atoms with van der Waals surface area (Å²) in [6.45, 7) is 1.74. The number of nitrogens with zero attached hydrogens (tertiary/aromatic N) is 2. The third-order valence-corrected chi connectivity index (χ3v) is 3.60. The predicted octanol–water partition coefficient (Wildman–Crippen LogP) is 0.996. The summed E-state index contributed by atoms with van der Waals surface area (Å²) in [5, 5.41) is 8.83. The van der Waals surface area contributed by atoms with Crippen LogP contribution in [0, 0.1) is 0 Å². The minimum atomic E-state index is -1.09. The second-order valence-corrected chi connectivity index (χ2v) is 5.27. The number of hydrogen-bond acceptors (Lipinski definition) is 4. The lowest BCUT2D eigenvalue weighted by molar-refractivity contribution is -0.144. The van der Waals surface area contributed by atoms with Gasteiger partial charge in [-0.15, -0.1) is 0 Å². The first kappa shape index (κ1) is 16.7. The number of carbonyl (C=O) groups is 4. The fourth-order valence-electron chi connectivity index (χ4n) is 2.53. The molecular weight excluding hydrogens is 300 g/mol. The van der Waals surface area contributed by atoms with Crippen LogP contribution in [0.3, 0.4) is 0 Å². The molecule has 0 saturated heterocycles. The summed E-state index contributed by atoms with van der Waals surface area (Å²) < 4.78 is 0. The number of carbonyl (C=O) groups excluding carboxylic acids is 3. The molecule has 0 unspecified atom stereocenters. The number of aliphatic carboxylic acids is 1. The van der Waals surface area contributed by atoms with Crippen molar-refractivity contribution < 1.29 is 24.3 Å². The summed E-state index contributed by atoms with van der Waals surface area (Å²) in [5.74, 6) is -2.31. The van der Waals surface area contributed by atoms with Gasteiger partial charge in [0.25, 0.3) is 11.8 Å². The molecule has 1 aromatic rings. The van der Waals surface area contributed by atoms with Crippen LogP contribution >= 0.6 is 0 Å². The molecule has 1 heterocycles. The van der Waals surface area contributed by atoms with E-state index in [1.54, 1.807) is 24.3 Å². The van der Waals surface area contributed by atoms with Crippen LogP contribution in [0.25, 0.3) is 0 Å². The highest BCUT2D eigenvalue weighted by Crippen LogP contribution is 2.22. The molecule has 0 spiro atoms. The van der Waals surface area contributed by atoms with Crippen LogP contribution in [0.1, 0.15) is 40.5 Å². The van der Waals surface area contributed by atoms with Crippen molar-refractivity contribution in [1.29, 1.82) is 0 Å². The molecule has 0 fully saturated rings. The summed E-state index contributed by atoms with van der Waals surface area (Å²) in [6.07, 6.45) is 0.546. The van der Waals surface area contributed by atoms with Gasteiger partial charge >= 0.3 is 5.97 Å². The zero-order valence-corrected chi connectivity index (χ0v) is 12.8. The zero-order valence-electron chi connectivity index (χ0n) is 12.8. The zero-order chi connectivity index (χ0) is 17.0. The lowest BCUT2D eigenvalue weighted by Crippen LogP contribution is -2.39. The van der Waals surface area contributed by atoms with Gasteiger partial charge in [0.1, 0.15) is 6.54 Å². The fourth-order valence-corrected chi connectivity index (χ4v) is 2.53. The van der Waals surface area contributed by atoms with E-state index in [9.17, 15) is 19.2 Å². The highest BCUT2D eigenvalue weighted by Gasteiger charge is 2.35. The first-order valence-corrected chi connectivity index (χ1v) is 7.40. The number of carboxylic acid groups (broad SMARTS) is 1. The molecule has 7 nitrogen and oxygen atoms in total. The molecule has 0 atom stereocenters. The van der Waals surface area contributed by atoms with Crippen LogP contribution in [-0.4, -0.2) is 58.2 Å². The van der Waals surface area contributed by atoms with Crippen LogP contribution in [-0.2, 0) is 9.59 Å². The molecule has 1 aromatic carbocycles. The maximum atomic E-state index is 12.2. The van der Waals surface area contributed by atoms with Gasteiger partial charge in [-0.3, -0.25) is 24.1 Å². The topological polar surface area (TPSA) is 95.0 Å². The molecular formula is C16H18N2O5. The van der Waals surface area contributed by atoms with Crippen molar-refractivity contribution in [1.82, 2.24) is 9.80 Å². The average molecular weight is 318 g/mol. The number of fused-ring (bicyclic) bond motifs is 1. The van der Waals surface area contributed by atoms with Gasteiger partial charge in [0.15, 0.2) is 0 Å². The van der Waals surface area contributed by atoms with Crippen LogP contribution in [0.2, 0.25) is 0 Å². The van der Waals surface area contributed by atoms with Crippen LogP contribution in [0.4, 0.5) is 0 Å². The highest BCUT2D eigenvalue weighted by molar-refractivity contribution is 6.21. The van der Waals surface area contributed by atoms with Crippen molar-refractivity contribution in [2.45, 2.75) is 19.8 Å². The summed E-state index contributed by atoms with van der Waals surface area (Å²) >= 11 is 0. The third kappa shape index (κ3) is 3.56. The van der Waals surface area contributed by atoms with Gasteiger partial charge < -0.3 is 10.0 Å². The average Bonchev–Trinajstić information content (AvgIpc) is 2.76. The fraction of sp³-hybridized carbons (Fsp3) is 0.375. The highest BCUT2D eigenvalue weighted by atomic mass is 16.4. The van der Waals surface area contributed by atoms with E-state index in [0.717, 1.165) is 4.90 Å². The Morgan fingerprint density at radius 3 is 2.17 bits per heavy atom. The van der Waals surface area contributed by atoms with E-state index in [1.165, 1.54) is 4.90 Å². The Labute approximate surface area is 133 Å². The van der Waals surface area contributed by atoms with E-state index >= 15 is 0 Å². The van der Waals surface area contributed by atoms with E-state index in [2.05, 4.69) is 0 Å². The van der Waals surface area contributed by atoms with Crippen molar-refractivity contribution >= 4 is 23.7 Å². The van der Waals surface area contributed by atoms with E-state index in [1.807, 2.05) is 6.92 Å². The van der Waals surface area contributed by atoms with E-state index in [-0.39, 0.29) is 25.4 Å². The van der Waals surface area contributed by atoms with Crippen molar-refractivity contribution in [2.24, 2.45) is 0 Å². The van der Waals surface area contributed by atoms with Crippen molar-refractivity contribution in [3.63, 3.8) is 0 Å². The Balaban J connectivity index is 2.01. The van der Waals surface area contributed by atoms with Gasteiger partial charge in [-0.05, 0) is 18.6 Å². The SMILES string of the molecule is CCCN(CC(=O)O)C(=O)CCN1C(=O)c2ccccc2C1=O. The monoisotopic (exact) mass is 318 g/mol. The predicted molar refractivity (Wildman–Crippen MR) is 80.9 cm³/mol. The molecule has 0 bridgehead atoms. The summed E-state index contributed by atoms with van der Waals surface area (Å²) in [6, 6.07) is 6.50. The van der Waals surface area contributed by atoms with E-state index in [0.29, 0.717) is 24.1 Å². The molecule has 0 radical (unpaired) electrons. The standard InChI is InChI=1S/C16H18N2O5/c1-2-8-17(10-14(20)21)13(19)7-9-18-15(22)11-5-3-4-6-12(11)16(18)23/h3-6H,2,7-10H2,1H3,(H,20,21). The van der Waals surface area contributed by atoms with Crippen molar-refractivity contribution in [2.75, 3.05) is 19.6 Å². The van der Waals surface area contributed by atoms with Gasteiger partial charge in [-0.25, -0.2) is 0 Å². The second-order valence-electron chi connectivity index (χ2n) is 5.27. The Kier molecular flexibility index (Phi) is 5.10. The van der Waals surface area contributed by atoms with Crippen molar-refractivity contribution in [3.05, 3.63) is 35.4 Å². The summed E-state index contributed by atoms with van der Waals surface area (Å²) in [7, 11) is 0. The molecule has 0 aliphatic carbocycles. The van der Waals surface area contributed by atoms with Crippen LogP contribution < -0.4 is 0 Å². The van der Waals surface area contributed by atoms with Gasteiger partial charge in [0.2, 0.25) is 5.91 Å². The summed E-state index contributed by atoms with van der Waals surface area (Å²) in [4.78, 5) is 49.5. The largest absolute Gasteiger partial charge is 0.480 e. The molecule has 1 N–H and O–H groups in total. The van der Waals surface area contributed by atoms with Crippen LogP contribution in [0.15, 0.2) is 24.3 Å². The van der Waals surface area contributed by atoms with Gasteiger partial charge in [0, 0.05) is 19.5 Å². The Morgan fingerprint density at radius 2 is 1.70 bits per heavy atom. The van der Waals surface area contributed by atoms with E-state index in [4.69, 9.17) is 5.11 Å². The maximum Gasteiger partial charge on any atom is 0.323 e. The maximum absolute atomic E-state index is 12.2. The molecule has 23 heavy (non-hydrogen) atoms. The van der Waals surface area contributed by atoms with Gasteiger partial charge in [0.05, 0.1) is 11.1 Å². The quantitative estimate of drug-likeness (QED) is 0.757. The number of imide groups is 1. The Morgan fingerprint density at radius 1 is 1.13 bits per heavy atom. The minimum absolute atomic E-state index is 0.0506. The number of hydrogen-bond donors (Lipinski definition) is 1. The van der Waals surface area contributed by atoms with E-state index < -0.39 is 17.8 Å². The summed E-state index contributed by atoms with van der Waals surface area (Å²) in [5.41, 5.74) is 0.668. The smallest absolute Gasteiger partial charge is 0.323 e. The molecule has 7 heteroatoms. The Hall–Kier alpha value is -2.70. The number of benzene rings is 1. The normalized spacial score (nSPS) is 13.2. The van der Waals surface area contributed by atoms with Crippen LogP contribution in [0.5, 0.6) is 0 Å². The van der Waals surface area contributed by atoms with Gasteiger partial charge in [-0.1, -0.05) is 19.1 Å². The lowest BCUT2D eigenvalue weighted by atomic mass is 10.1. The molecule has 1 aliphatic heterocycles. The molecule has 1 aliphatic rings. The molecule has 2 rings (SSSR count). The molecule has 3 amide bonds. The number of amides is 3.